The number of fused-ring (bicyclic) bond motifs is 1. The maximum Gasteiger partial charge on any atom is 0.227 e. The highest BCUT2D eigenvalue weighted by Gasteiger charge is 2.26. The Kier molecular flexibility index (Phi) is 5.85. The summed E-state index contributed by atoms with van der Waals surface area (Å²) in [7, 11) is 1.65. The fourth-order valence-electron chi connectivity index (χ4n) is 4.16. The third kappa shape index (κ3) is 4.62. The summed E-state index contributed by atoms with van der Waals surface area (Å²) in [6, 6.07) is 21.6. The highest BCUT2D eigenvalue weighted by Crippen LogP contribution is 2.25. The Morgan fingerprint density at radius 1 is 1.00 bits per heavy atom. The molecule has 1 aliphatic heterocycles. The number of nitrogens with one attached hydrogen (secondary N) is 1. The first kappa shape index (κ1) is 20.9. The smallest absolute Gasteiger partial charge is 0.227 e. The Hall–Kier alpha value is -4.00. The lowest BCUT2D eigenvalue weighted by Crippen LogP contribution is -2.38. The molecule has 5 rings (SSSR count). The molecule has 7 nitrogen and oxygen atoms in total. The predicted molar refractivity (Wildman–Crippen MR) is 129 cm³/mol. The van der Waals surface area contributed by atoms with Crippen molar-refractivity contribution in [3.8, 4) is 17.0 Å². The molecule has 0 spiro atoms. The van der Waals surface area contributed by atoms with E-state index in [1.807, 2.05) is 66.7 Å². The van der Waals surface area contributed by atoms with Crippen LogP contribution in [-0.2, 0) is 4.79 Å². The predicted octanol–water partition coefficient (Wildman–Crippen LogP) is 4.56. The second kappa shape index (κ2) is 9.24. The van der Waals surface area contributed by atoms with Crippen LogP contribution in [0.15, 0.2) is 72.9 Å². The van der Waals surface area contributed by atoms with E-state index in [1.54, 1.807) is 13.3 Å². The number of aromatic nitrogens is 3. The molecule has 0 unspecified atom stereocenters. The van der Waals surface area contributed by atoms with E-state index in [9.17, 15) is 4.79 Å². The van der Waals surface area contributed by atoms with Gasteiger partial charge in [0.25, 0.3) is 0 Å². The van der Waals surface area contributed by atoms with Crippen molar-refractivity contribution in [1.29, 1.82) is 0 Å². The van der Waals surface area contributed by atoms with Crippen LogP contribution in [0.4, 0.5) is 11.5 Å². The molecule has 0 radical (unpaired) electrons. The highest BCUT2D eigenvalue weighted by atomic mass is 16.5. The Morgan fingerprint density at radius 2 is 1.79 bits per heavy atom. The third-order valence-corrected chi connectivity index (χ3v) is 6.08. The van der Waals surface area contributed by atoms with Crippen LogP contribution in [0.3, 0.4) is 0 Å². The van der Waals surface area contributed by atoms with E-state index in [2.05, 4.69) is 25.4 Å². The zero-order valence-corrected chi connectivity index (χ0v) is 18.4. The Morgan fingerprint density at radius 3 is 2.52 bits per heavy atom. The Bertz CT molecular complexity index is 1250. The Balaban J connectivity index is 1.18. The number of para-hydroxylation sites is 1. The van der Waals surface area contributed by atoms with Crippen molar-refractivity contribution in [3.05, 3.63) is 72.9 Å². The summed E-state index contributed by atoms with van der Waals surface area (Å²) in [5, 5.41) is 12.9. The van der Waals surface area contributed by atoms with Crippen molar-refractivity contribution >= 4 is 28.3 Å². The lowest BCUT2D eigenvalue weighted by Gasteiger charge is -2.31. The van der Waals surface area contributed by atoms with Gasteiger partial charge >= 0.3 is 0 Å². The normalized spacial score (nSPS) is 14.3. The molecule has 1 aliphatic rings. The van der Waals surface area contributed by atoms with Gasteiger partial charge in [-0.15, -0.1) is 10.2 Å². The van der Waals surface area contributed by atoms with E-state index in [-0.39, 0.29) is 11.8 Å². The SMILES string of the molecule is COc1ccc(-c2ccc(N3CCC(C(=O)Nc4cnc5ccccc5c4)CC3)nn2)cc1. The van der Waals surface area contributed by atoms with Gasteiger partial charge in [0.1, 0.15) is 5.75 Å². The van der Waals surface area contributed by atoms with Crippen LogP contribution in [0, 0.1) is 5.92 Å². The van der Waals surface area contributed by atoms with Crippen LogP contribution >= 0.6 is 0 Å². The fraction of sp³-hybridized carbons (Fsp3) is 0.231. The van der Waals surface area contributed by atoms with Gasteiger partial charge in [-0.2, -0.15) is 0 Å². The standard InChI is InChI=1S/C26H25N5O2/c1-33-22-8-6-18(7-9-22)24-10-11-25(30-29-24)31-14-12-19(13-15-31)26(32)28-21-16-20-4-2-3-5-23(20)27-17-21/h2-11,16-17,19H,12-15H2,1H3,(H,28,32). The van der Waals surface area contributed by atoms with E-state index in [1.165, 1.54) is 0 Å². The number of pyridine rings is 1. The van der Waals surface area contributed by atoms with Crippen molar-refractivity contribution in [2.75, 3.05) is 30.4 Å². The highest BCUT2D eigenvalue weighted by molar-refractivity contribution is 5.94. The lowest BCUT2D eigenvalue weighted by atomic mass is 9.96. The van der Waals surface area contributed by atoms with Gasteiger partial charge in [0, 0.05) is 30.0 Å². The number of hydrogen-bond donors (Lipinski definition) is 1. The molecule has 7 heteroatoms. The van der Waals surface area contributed by atoms with Crippen molar-refractivity contribution < 1.29 is 9.53 Å². The number of methoxy groups -OCH3 is 1. The molecule has 0 atom stereocenters. The summed E-state index contributed by atoms with van der Waals surface area (Å²) in [4.78, 5) is 19.4. The zero-order chi connectivity index (χ0) is 22.6. The number of carbonyl (C=O) groups is 1. The number of anilines is 2. The molecule has 0 bridgehead atoms. The van der Waals surface area contributed by atoms with Crippen molar-refractivity contribution in [2.45, 2.75) is 12.8 Å². The van der Waals surface area contributed by atoms with Crippen LogP contribution in [0.25, 0.3) is 22.2 Å². The molecular weight excluding hydrogens is 414 g/mol. The summed E-state index contributed by atoms with van der Waals surface area (Å²) >= 11 is 0. The van der Waals surface area contributed by atoms with E-state index in [0.717, 1.165) is 65.3 Å². The molecule has 1 saturated heterocycles. The molecule has 0 aliphatic carbocycles. The topological polar surface area (TPSA) is 80.2 Å². The van der Waals surface area contributed by atoms with Crippen LogP contribution in [-0.4, -0.2) is 41.3 Å². The number of rotatable bonds is 5. The average molecular weight is 440 g/mol. The second-order valence-corrected chi connectivity index (χ2v) is 8.17. The molecule has 1 fully saturated rings. The van der Waals surface area contributed by atoms with Crippen molar-refractivity contribution in [2.24, 2.45) is 5.92 Å². The summed E-state index contributed by atoms with van der Waals surface area (Å²) < 4.78 is 5.20. The lowest BCUT2D eigenvalue weighted by molar-refractivity contribution is -0.120. The van der Waals surface area contributed by atoms with Gasteiger partial charge in [-0.25, -0.2) is 0 Å². The Labute approximate surface area is 192 Å². The van der Waals surface area contributed by atoms with Gasteiger partial charge in [-0.3, -0.25) is 9.78 Å². The van der Waals surface area contributed by atoms with E-state index >= 15 is 0 Å². The molecule has 166 valence electrons. The summed E-state index contributed by atoms with van der Waals surface area (Å²) in [5.41, 5.74) is 3.47. The second-order valence-electron chi connectivity index (χ2n) is 8.17. The minimum atomic E-state index is -0.0285. The largest absolute Gasteiger partial charge is 0.497 e. The number of nitrogens with zero attached hydrogens (tertiary/aromatic N) is 4. The number of carbonyl (C=O) groups excluding carboxylic acids is 1. The molecule has 0 saturated carbocycles. The molecule has 1 N–H and O–H groups in total. The van der Waals surface area contributed by atoms with Gasteiger partial charge in [-0.1, -0.05) is 18.2 Å². The zero-order valence-electron chi connectivity index (χ0n) is 18.4. The van der Waals surface area contributed by atoms with E-state index < -0.39 is 0 Å². The van der Waals surface area contributed by atoms with E-state index in [0.29, 0.717) is 0 Å². The molecule has 33 heavy (non-hydrogen) atoms. The molecule has 4 aromatic rings. The van der Waals surface area contributed by atoms with Gasteiger partial charge in [-0.05, 0) is 61.4 Å². The van der Waals surface area contributed by atoms with Crippen LogP contribution < -0.4 is 15.0 Å². The number of amides is 1. The first-order chi connectivity index (χ1) is 16.2. The van der Waals surface area contributed by atoms with Crippen LogP contribution in [0.2, 0.25) is 0 Å². The summed E-state index contributed by atoms with van der Waals surface area (Å²) in [6.07, 6.45) is 3.26. The monoisotopic (exact) mass is 439 g/mol. The first-order valence-electron chi connectivity index (χ1n) is 11.1. The maximum absolute atomic E-state index is 12.8. The van der Waals surface area contributed by atoms with Crippen LogP contribution in [0.5, 0.6) is 5.75 Å². The molecule has 3 heterocycles. The number of ether oxygens (including phenoxy) is 1. The minimum Gasteiger partial charge on any atom is -0.497 e. The number of hydrogen-bond acceptors (Lipinski definition) is 6. The van der Waals surface area contributed by atoms with Gasteiger partial charge in [0.2, 0.25) is 5.91 Å². The molecule has 2 aromatic heterocycles. The van der Waals surface area contributed by atoms with Crippen molar-refractivity contribution in [3.63, 3.8) is 0 Å². The minimum absolute atomic E-state index is 0.0285. The fourth-order valence-corrected chi connectivity index (χ4v) is 4.16. The van der Waals surface area contributed by atoms with Gasteiger partial charge in [0.15, 0.2) is 5.82 Å². The molecule has 2 aromatic carbocycles. The quantitative estimate of drug-likeness (QED) is 0.491. The van der Waals surface area contributed by atoms with Crippen molar-refractivity contribution in [1.82, 2.24) is 15.2 Å². The van der Waals surface area contributed by atoms with E-state index in [4.69, 9.17) is 4.74 Å². The van der Waals surface area contributed by atoms with Gasteiger partial charge < -0.3 is 15.0 Å². The summed E-state index contributed by atoms with van der Waals surface area (Å²) in [6.45, 7) is 1.54. The number of benzene rings is 2. The van der Waals surface area contributed by atoms with Gasteiger partial charge in [0.05, 0.1) is 30.2 Å². The molecule has 1 amide bonds. The molecular formula is C26H25N5O2. The number of piperidine rings is 1. The first-order valence-corrected chi connectivity index (χ1v) is 11.1. The summed E-state index contributed by atoms with van der Waals surface area (Å²) in [5.74, 6) is 1.67. The third-order valence-electron chi connectivity index (χ3n) is 6.08. The average Bonchev–Trinajstić information content (AvgIpc) is 2.89. The maximum atomic E-state index is 12.8. The van der Waals surface area contributed by atoms with Crippen LogP contribution in [0.1, 0.15) is 12.8 Å².